The molecule has 0 aliphatic rings. The minimum atomic E-state index is -0.418. The molecule has 0 aliphatic heterocycles. The second-order valence-electron chi connectivity index (χ2n) is 3.79. The van der Waals surface area contributed by atoms with Crippen LogP contribution < -0.4 is 5.32 Å². The molecule has 0 spiro atoms. The van der Waals surface area contributed by atoms with Crippen molar-refractivity contribution in [2.75, 3.05) is 5.32 Å². The summed E-state index contributed by atoms with van der Waals surface area (Å²) in [4.78, 5) is 10.4. The number of anilines is 1. The first kappa shape index (κ1) is 11.9. The third kappa shape index (κ3) is 2.76. The summed E-state index contributed by atoms with van der Waals surface area (Å²) in [6.45, 7) is 0.463. The van der Waals surface area contributed by atoms with E-state index in [0.717, 1.165) is 5.56 Å². The minimum Gasteiger partial charge on any atom is -0.508 e. The van der Waals surface area contributed by atoms with Gasteiger partial charge in [0.1, 0.15) is 11.4 Å². The van der Waals surface area contributed by atoms with Crippen molar-refractivity contribution < 1.29 is 10.0 Å². The van der Waals surface area contributed by atoms with Crippen LogP contribution in [0.3, 0.4) is 0 Å². The molecule has 5 heteroatoms. The van der Waals surface area contributed by atoms with Gasteiger partial charge in [0.25, 0.3) is 5.69 Å². The van der Waals surface area contributed by atoms with Gasteiger partial charge >= 0.3 is 0 Å². The van der Waals surface area contributed by atoms with Gasteiger partial charge in [-0.25, -0.2) is 0 Å². The number of nitro benzene ring substituents is 1. The van der Waals surface area contributed by atoms with Crippen LogP contribution in [-0.4, -0.2) is 10.0 Å². The van der Waals surface area contributed by atoms with E-state index in [0.29, 0.717) is 12.2 Å². The average Bonchev–Trinajstić information content (AvgIpc) is 2.38. The summed E-state index contributed by atoms with van der Waals surface area (Å²) >= 11 is 0. The van der Waals surface area contributed by atoms with Gasteiger partial charge in [-0.2, -0.15) is 0 Å². The lowest BCUT2D eigenvalue weighted by molar-refractivity contribution is -0.384. The summed E-state index contributed by atoms with van der Waals surface area (Å²) in [6.07, 6.45) is 0. The van der Waals surface area contributed by atoms with Gasteiger partial charge < -0.3 is 10.4 Å². The number of hydrogen-bond donors (Lipinski definition) is 2. The summed E-state index contributed by atoms with van der Waals surface area (Å²) in [5, 5.41) is 23.0. The van der Waals surface area contributed by atoms with Crippen molar-refractivity contribution in [2.45, 2.75) is 6.54 Å². The largest absolute Gasteiger partial charge is 0.508 e. The highest BCUT2D eigenvalue weighted by Gasteiger charge is 2.11. The number of para-hydroxylation sites is 2. The molecule has 0 aliphatic carbocycles. The molecule has 5 nitrogen and oxygen atoms in total. The fraction of sp³-hybridized carbons (Fsp3) is 0.0769. The number of phenolic OH excluding ortho intramolecular Hbond substituents is 1. The number of rotatable bonds is 4. The van der Waals surface area contributed by atoms with E-state index in [1.807, 2.05) is 0 Å². The highest BCUT2D eigenvalue weighted by Crippen LogP contribution is 2.23. The van der Waals surface area contributed by atoms with Crippen LogP contribution in [0.1, 0.15) is 5.56 Å². The summed E-state index contributed by atoms with van der Waals surface area (Å²) in [5.41, 5.74) is 1.47. The first-order chi connectivity index (χ1) is 8.66. The second-order valence-corrected chi connectivity index (χ2v) is 3.79. The van der Waals surface area contributed by atoms with E-state index in [2.05, 4.69) is 5.32 Å². The van der Waals surface area contributed by atoms with Crippen LogP contribution in [0.4, 0.5) is 11.4 Å². The molecule has 0 radical (unpaired) electrons. The predicted molar refractivity (Wildman–Crippen MR) is 68.5 cm³/mol. The first-order valence-electron chi connectivity index (χ1n) is 5.42. The molecule has 0 saturated carbocycles. The van der Waals surface area contributed by atoms with Crippen molar-refractivity contribution in [1.82, 2.24) is 0 Å². The van der Waals surface area contributed by atoms with Crippen molar-refractivity contribution in [3.63, 3.8) is 0 Å². The number of phenols is 1. The molecule has 92 valence electrons. The molecule has 0 aromatic heterocycles. The van der Waals surface area contributed by atoms with Crippen LogP contribution in [0.5, 0.6) is 5.75 Å². The van der Waals surface area contributed by atoms with Crippen molar-refractivity contribution in [1.29, 1.82) is 0 Å². The van der Waals surface area contributed by atoms with Gasteiger partial charge in [0.2, 0.25) is 0 Å². The van der Waals surface area contributed by atoms with Gasteiger partial charge in [0.05, 0.1) is 4.92 Å². The lowest BCUT2D eigenvalue weighted by Crippen LogP contribution is -2.02. The summed E-state index contributed by atoms with van der Waals surface area (Å²) < 4.78 is 0. The molecule has 18 heavy (non-hydrogen) atoms. The van der Waals surface area contributed by atoms with E-state index in [-0.39, 0.29) is 11.4 Å². The van der Waals surface area contributed by atoms with Crippen LogP contribution >= 0.6 is 0 Å². The molecular weight excluding hydrogens is 232 g/mol. The van der Waals surface area contributed by atoms with E-state index in [1.165, 1.54) is 6.07 Å². The normalized spacial score (nSPS) is 10.0. The third-order valence-electron chi connectivity index (χ3n) is 2.52. The molecule has 0 amide bonds. The predicted octanol–water partition coefficient (Wildman–Crippen LogP) is 2.91. The fourth-order valence-corrected chi connectivity index (χ4v) is 1.59. The molecular formula is C13H12N2O3. The molecule has 2 N–H and O–H groups in total. The Morgan fingerprint density at radius 1 is 1.11 bits per heavy atom. The SMILES string of the molecule is O=[N+]([O-])c1ccccc1NCc1ccc(O)cc1. The molecule has 0 fully saturated rings. The Balaban J connectivity index is 2.10. The van der Waals surface area contributed by atoms with Crippen molar-refractivity contribution in [3.8, 4) is 5.75 Å². The molecule has 0 atom stereocenters. The van der Waals surface area contributed by atoms with Crippen LogP contribution in [0, 0.1) is 10.1 Å². The minimum absolute atomic E-state index is 0.0521. The Hall–Kier alpha value is -2.56. The Bertz CT molecular complexity index is 552. The van der Waals surface area contributed by atoms with Gasteiger partial charge in [0, 0.05) is 12.6 Å². The molecule has 2 aromatic carbocycles. The van der Waals surface area contributed by atoms with Gasteiger partial charge in [-0.05, 0) is 23.8 Å². The van der Waals surface area contributed by atoms with E-state index in [9.17, 15) is 10.1 Å². The number of benzene rings is 2. The number of nitrogens with zero attached hydrogens (tertiary/aromatic N) is 1. The maximum atomic E-state index is 10.8. The van der Waals surface area contributed by atoms with Gasteiger partial charge in [-0.3, -0.25) is 10.1 Å². The molecule has 0 heterocycles. The maximum absolute atomic E-state index is 10.8. The van der Waals surface area contributed by atoms with Crippen LogP contribution in [0.2, 0.25) is 0 Å². The Morgan fingerprint density at radius 3 is 2.44 bits per heavy atom. The Kier molecular flexibility index (Phi) is 3.43. The zero-order chi connectivity index (χ0) is 13.0. The van der Waals surface area contributed by atoms with E-state index in [1.54, 1.807) is 42.5 Å². The highest BCUT2D eigenvalue weighted by atomic mass is 16.6. The fourth-order valence-electron chi connectivity index (χ4n) is 1.59. The summed E-state index contributed by atoms with van der Waals surface area (Å²) in [7, 11) is 0. The summed E-state index contributed by atoms with van der Waals surface area (Å²) in [5.74, 6) is 0.199. The topological polar surface area (TPSA) is 75.4 Å². The van der Waals surface area contributed by atoms with E-state index in [4.69, 9.17) is 5.11 Å². The zero-order valence-electron chi connectivity index (χ0n) is 9.54. The summed E-state index contributed by atoms with van der Waals surface area (Å²) in [6, 6.07) is 13.2. The van der Waals surface area contributed by atoms with Crippen molar-refractivity contribution in [2.24, 2.45) is 0 Å². The van der Waals surface area contributed by atoms with Crippen LogP contribution in [0.25, 0.3) is 0 Å². The zero-order valence-corrected chi connectivity index (χ0v) is 9.54. The quantitative estimate of drug-likeness (QED) is 0.640. The number of nitro groups is 1. The number of aromatic hydroxyl groups is 1. The smallest absolute Gasteiger partial charge is 0.292 e. The van der Waals surface area contributed by atoms with Gasteiger partial charge in [-0.1, -0.05) is 24.3 Å². The molecule has 2 aromatic rings. The third-order valence-corrected chi connectivity index (χ3v) is 2.52. The Labute approximate surface area is 104 Å². The van der Waals surface area contributed by atoms with Crippen molar-refractivity contribution in [3.05, 3.63) is 64.2 Å². The standard InChI is InChI=1S/C13H12N2O3/c16-11-7-5-10(6-8-11)9-14-12-3-1-2-4-13(12)15(17)18/h1-8,14,16H,9H2. The first-order valence-corrected chi connectivity index (χ1v) is 5.42. The lowest BCUT2D eigenvalue weighted by atomic mass is 10.2. The molecule has 0 saturated heterocycles. The van der Waals surface area contributed by atoms with E-state index < -0.39 is 4.92 Å². The molecule has 0 bridgehead atoms. The van der Waals surface area contributed by atoms with Gasteiger partial charge in [0.15, 0.2) is 0 Å². The number of nitrogens with one attached hydrogen (secondary N) is 1. The van der Waals surface area contributed by atoms with Crippen LogP contribution in [0.15, 0.2) is 48.5 Å². The monoisotopic (exact) mass is 244 g/mol. The molecule has 2 rings (SSSR count). The van der Waals surface area contributed by atoms with E-state index >= 15 is 0 Å². The average molecular weight is 244 g/mol. The highest BCUT2D eigenvalue weighted by molar-refractivity contribution is 5.61. The molecule has 0 unspecified atom stereocenters. The van der Waals surface area contributed by atoms with Gasteiger partial charge in [-0.15, -0.1) is 0 Å². The second kappa shape index (κ2) is 5.18. The maximum Gasteiger partial charge on any atom is 0.292 e. The van der Waals surface area contributed by atoms with Crippen molar-refractivity contribution >= 4 is 11.4 Å². The lowest BCUT2D eigenvalue weighted by Gasteiger charge is -2.07. The van der Waals surface area contributed by atoms with Crippen LogP contribution in [-0.2, 0) is 6.54 Å². The number of hydrogen-bond acceptors (Lipinski definition) is 4. The Morgan fingerprint density at radius 2 is 1.78 bits per heavy atom.